The SMILES string of the molecule is Cc1nc(N)cc(OC2CCNCC2)n1.O=C(O)C(F)(F)F.O=C(O)C(F)(F)F. The summed E-state index contributed by atoms with van der Waals surface area (Å²) >= 11 is 0. The van der Waals surface area contributed by atoms with Crippen molar-refractivity contribution in [1.82, 2.24) is 15.3 Å². The van der Waals surface area contributed by atoms with E-state index in [0.29, 0.717) is 17.5 Å². The van der Waals surface area contributed by atoms with Gasteiger partial charge in [-0.05, 0) is 32.9 Å². The summed E-state index contributed by atoms with van der Waals surface area (Å²) < 4.78 is 69.2. The van der Waals surface area contributed by atoms with Crippen LogP contribution in [-0.4, -0.2) is 63.7 Å². The molecular formula is C14H18F6N4O5. The number of nitrogen functional groups attached to an aromatic ring is 1. The highest BCUT2D eigenvalue weighted by Gasteiger charge is 2.38. The Labute approximate surface area is 159 Å². The smallest absolute Gasteiger partial charge is 0.475 e. The first kappa shape index (κ1) is 26.2. The standard InChI is InChI=1S/C10H16N4O.2C2HF3O2/c1-7-13-9(11)6-10(14-7)15-8-2-4-12-5-3-8;2*3-2(4,5)1(6)7/h6,8,12H,2-5H2,1H3,(H2,11,13,14);2*(H,6,7). The van der Waals surface area contributed by atoms with Gasteiger partial charge >= 0.3 is 24.3 Å². The third kappa shape index (κ3) is 12.3. The van der Waals surface area contributed by atoms with Gasteiger partial charge < -0.3 is 26.0 Å². The highest BCUT2D eigenvalue weighted by atomic mass is 19.4. The molecule has 2 heterocycles. The molecule has 1 aliphatic rings. The molecule has 1 fully saturated rings. The predicted octanol–water partition coefficient (Wildman–Crippen LogP) is 1.76. The van der Waals surface area contributed by atoms with Crippen molar-refractivity contribution in [3.8, 4) is 5.88 Å². The lowest BCUT2D eigenvalue weighted by atomic mass is 10.1. The molecule has 0 atom stereocenters. The van der Waals surface area contributed by atoms with Crippen molar-refractivity contribution in [2.45, 2.75) is 38.2 Å². The van der Waals surface area contributed by atoms with E-state index in [1.165, 1.54) is 0 Å². The molecule has 1 aromatic heterocycles. The Bertz CT molecular complexity index is 633. The normalized spacial score (nSPS) is 14.6. The number of hydrogen-bond donors (Lipinski definition) is 4. The van der Waals surface area contributed by atoms with Crippen molar-refractivity contribution < 1.29 is 50.9 Å². The number of piperidine rings is 1. The van der Waals surface area contributed by atoms with Crippen molar-refractivity contribution in [3.63, 3.8) is 0 Å². The third-order valence-corrected chi connectivity index (χ3v) is 2.89. The summed E-state index contributed by atoms with van der Waals surface area (Å²) in [6, 6.07) is 1.68. The summed E-state index contributed by atoms with van der Waals surface area (Å²) in [6.45, 7) is 3.82. The fourth-order valence-corrected chi connectivity index (χ4v) is 1.71. The zero-order valence-corrected chi connectivity index (χ0v) is 14.8. The topological polar surface area (TPSA) is 148 Å². The summed E-state index contributed by atoms with van der Waals surface area (Å²) in [5.74, 6) is -3.81. The van der Waals surface area contributed by atoms with Crippen LogP contribution in [0.4, 0.5) is 32.2 Å². The Hall–Kier alpha value is -2.84. The molecule has 0 aliphatic carbocycles. The molecule has 1 aliphatic heterocycles. The number of hydrogen-bond acceptors (Lipinski definition) is 7. The van der Waals surface area contributed by atoms with E-state index in [1.54, 1.807) is 6.07 Å². The maximum absolute atomic E-state index is 10.6. The number of aryl methyl sites for hydroxylation is 1. The minimum Gasteiger partial charge on any atom is -0.475 e. The molecule has 0 unspecified atom stereocenters. The van der Waals surface area contributed by atoms with Crippen LogP contribution in [0.2, 0.25) is 0 Å². The van der Waals surface area contributed by atoms with Crippen LogP contribution in [-0.2, 0) is 9.59 Å². The number of carboxylic acid groups (broad SMARTS) is 2. The van der Waals surface area contributed by atoms with Crippen LogP contribution < -0.4 is 15.8 Å². The van der Waals surface area contributed by atoms with Crippen LogP contribution in [0.15, 0.2) is 6.07 Å². The van der Waals surface area contributed by atoms with Crippen LogP contribution >= 0.6 is 0 Å². The Morgan fingerprint density at radius 2 is 1.48 bits per heavy atom. The average molecular weight is 436 g/mol. The molecule has 15 heteroatoms. The lowest BCUT2D eigenvalue weighted by Gasteiger charge is -2.23. The lowest BCUT2D eigenvalue weighted by molar-refractivity contribution is -0.193. The van der Waals surface area contributed by atoms with Gasteiger partial charge in [-0.1, -0.05) is 0 Å². The van der Waals surface area contributed by atoms with Crippen molar-refractivity contribution in [1.29, 1.82) is 0 Å². The van der Waals surface area contributed by atoms with Gasteiger partial charge in [0.15, 0.2) is 0 Å². The first-order valence-corrected chi connectivity index (χ1v) is 7.71. The van der Waals surface area contributed by atoms with E-state index >= 15 is 0 Å². The fraction of sp³-hybridized carbons (Fsp3) is 0.571. The Kier molecular flexibility index (Phi) is 10.1. The minimum absolute atomic E-state index is 0.250. The van der Waals surface area contributed by atoms with Crippen molar-refractivity contribution >= 4 is 17.8 Å². The number of carboxylic acids is 2. The van der Waals surface area contributed by atoms with Gasteiger partial charge in [-0.2, -0.15) is 31.3 Å². The summed E-state index contributed by atoms with van der Waals surface area (Å²) in [7, 11) is 0. The number of alkyl halides is 6. The van der Waals surface area contributed by atoms with Gasteiger partial charge in [0, 0.05) is 6.07 Å². The molecule has 1 saturated heterocycles. The molecule has 1 aromatic rings. The molecular weight excluding hydrogens is 418 g/mol. The summed E-state index contributed by atoms with van der Waals surface area (Å²) in [5.41, 5.74) is 5.62. The number of ether oxygens (including phenoxy) is 1. The highest BCUT2D eigenvalue weighted by Crippen LogP contribution is 2.16. The molecule has 5 N–H and O–H groups in total. The van der Waals surface area contributed by atoms with E-state index in [-0.39, 0.29) is 6.10 Å². The van der Waals surface area contributed by atoms with Gasteiger partial charge in [-0.3, -0.25) is 0 Å². The molecule has 2 rings (SSSR count). The van der Waals surface area contributed by atoms with E-state index in [9.17, 15) is 26.3 Å². The van der Waals surface area contributed by atoms with Crippen molar-refractivity contribution in [2.24, 2.45) is 0 Å². The van der Waals surface area contributed by atoms with Gasteiger partial charge in [-0.25, -0.2) is 14.6 Å². The number of carbonyl (C=O) groups is 2. The van der Waals surface area contributed by atoms with Gasteiger partial charge in [-0.15, -0.1) is 0 Å². The molecule has 0 amide bonds. The second-order valence-corrected chi connectivity index (χ2v) is 5.35. The van der Waals surface area contributed by atoms with Crippen molar-refractivity contribution in [3.05, 3.63) is 11.9 Å². The number of halogens is 6. The maximum Gasteiger partial charge on any atom is 0.490 e. The summed E-state index contributed by atoms with van der Waals surface area (Å²) in [4.78, 5) is 26.0. The number of aliphatic carboxylic acids is 2. The zero-order valence-electron chi connectivity index (χ0n) is 14.8. The Balaban J connectivity index is 0.000000473. The number of nitrogens with one attached hydrogen (secondary N) is 1. The quantitative estimate of drug-likeness (QED) is 0.509. The van der Waals surface area contributed by atoms with E-state index < -0.39 is 24.3 Å². The van der Waals surface area contributed by atoms with Gasteiger partial charge in [0.1, 0.15) is 17.7 Å². The molecule has 0 bridgehead atoms. The van der Waals surface area contributed by atoms with Crippen LogP contribution in [0.1, 0.15) is 18.7 Å². The fourth-order valence-electron chi connectivity index (χ4n) is 1.71. The van der Waals surface area contributed by atoms with Crippen LogP contribution in [0, 0.1) is 6.92 Å². The minimum atomic E-state index is -5.08. The highest BCUT2D eigenvalue weighted by molar-refractivity contribution is 5.73. The van der Waals surface area contributed by atoms with Gasteiger partial charge in [0.2, 0.25) is 5.88 Å². The first-order valence-electron chi connectivity index (χ1n) is 7.71. The largest absolute Gasteiger partial charge is 0.490 e. The molecule has 0 spiro atoms. The van der Waals surface area contributed by atoms with E-state index in [2.05, 4.69) is 15.3 Å². The molecule has 9 nitrogen and oxygen atoms in total. The zero-order chi connectivity index (χ0) is 22.8. The lowest BCUT2D eigenvalue weighted by Crippen LogP contribution is -2.34. The second-order valence-electron chi connectivity index (χ2n) is 5.35. The monoisotopic (exact) mass is 436 g/mol. The molecule has 0 saturated carbocycles. The third-order valence-electron chi connectivity index (χ3n) is 2.89. The average Bonchev–Trinajstić information content (AvgIpc) is 2.54. The van der Waals surface area contributed by atoms with E-state index in [1.807, 2.05) is 6.92 Å². The number of anilines is 1. The number of nitrogens with zero attached hydrogens (tertiary/aromatic N) is 2. The van der Waals surface area contributed by atoms with Crippen LogP contribution in [0.3, 0.4) is 0 Å². The van der Waals surface area contributed by atoms with Gasteiger partial charge in [0.25, 0.3) is 0 Å². The number of aromatic nitrogens is 2. The van der Waals surface area contributed by atoms with E-state index in [0.717, 1.165) is 25.9 Å². The summed E-state index contributed by atoms with van der Waals surface area (Å²) in [6.07, 6.45) is -7.88. The van der Waals surface area contributed by atoms with Crippen LogP contribution in [0.5, 0.6) is 5.88 Å². The van der Waals surface area contributed by atoms with Crippen LogP contribution in [0.25, 0.3) is 0 Å². The second kappa shape index (κ2) is 11.2. The van der Waals surface area contributed by atoms with Crippen molar-refractivity contribution in [2.75, 3.05) is 18.8 Å². The van der Waals surface area contributed by atoms with E-state index in [4.69, 9.17) is 30.3 Å². The molecule has 0 radical (unpaired) electrons. The predicted molar refractivity (Wildman–Crippen MR) is 85.1 cm³/mol. The number of nitrogens with two attached hydrogens (primary N) is 1. The molecule has 0 aromatic carbocycles. The molecule has 29 heavy (non-hydrogen) atoms. The maximum atomic E-state index is 10.6. The van der Waals surface area contributed by atoms with Gasteiger partial charge in [0.05, 0.1) is 0 Å². The molecule has 166 valence electrons. The first-order chi connectivity index (χ1) is 13.1. The number of rotatable bonds is 2. The summed E-state index contributed by atoms with van der Waals surface area (Å²) in [5, 5.41) is 17.5. The Morgan fingerprint density at radius 3 is 1.83 bits per heavy atom. The Morgan fingerprint density at radius 1 is 1.07 bits per heavy atom.